The summed E-state index contributed by atoms with van der Waals surface area (Å²) in [6, 6.07) is 5.56. The van der Waals surface area contributed by atoms with E-state index >= 15 is 0 Å². The monoisotopic (exact) mass is 303 g/mol. The molecule has 108 valence electrons. The molecule has 1 aliphatic heterocycles. The van der Waals surface area contributed by atoms with Crippen LogP contribution in [0.15, 0.2) is 29.9 Å². The molecule has 0 unspecified atom stereocenters. The minimum absolute atomic E-state index is 0.102. The molecule has 0 atom stereocenters. The fourth-order valence-corrected chi connectivity index (χ4v) is 2.91. The molecular formula is C14H13N3O3S. The third kappa shape index (κ3) is 2.15. The summed E-state index contributed by atoms with van der Waals surface area (Å²) in [7, 11) is -1.88. The number of rotatable bonds is 2. The van der Waals surface area contributed by atoms with E-state index < -0.39 is 9.84 Å². The number of aromatic nitrogens is 3. The van der Waals surface area contributed by atoms with Crippen LogP contribution in [0, 0.1) is 0 Å². The van der Waals surface area contributed by atoms with E-state index in [2.05, 4.69) is 16.8 Å². The van der Waals surface area contributed by atoms with Crippen LogP contribution in [-0.4, -0.2) is 36.5 Å². The quantitative estimate of drug-likeness (QED) is 0.720. The highest BCUT2D eigenvalue weighted by atomic mass is 32.2. The highest BCUT2D eigenvalue weighted by Crippen LogP contribution is 2.32. The van der Waals surface area contributed by atoms with Crippen LogP contribution in [0.4, 0.5) is 0 Å². The van der Waals surface area contributed by atoms with Crippen molar-refractivity contribution in [1.82, 2.24) is 14.8 Å². The normalized spacial score (nSPS) is 13.5. The molecule has 0 bridgehead atoms. The first kappa shape index (κ1) is 13.6. The molecule has 0 saturated heterocycles. The van der Waals surface area contributed by atoms with Gasteiger partial charge >= 0.3 is 0 Å². The Kier molecular flexibility index (Phi) is 2.94. The Balaban J connectivity index is 2.25. The molecule has 0 radical (unpaired) electrons. The van der Waals surface area contributed by atoms with Gasteiger partial charge in [0.05, 0.1) is 7.11 Å². The van der Waals surface area contributed by atoms with Crippen LogP contribution in [0.3, 0.4) is 0 Å². The van der Waals surface area contributed by atoms with Gasteiger partial charge in [0.1, 0.15) is 5.75 Å². The van der Waals surface area contributed by atoms with Crippen LogP contribution in [-0.2, 0) is 9.84 Å². The Morgan fingerprint density at radius 1 is 1.29 bits per heavy atom. The summed E-state index contributed by atoms with van der Waals surface area (Å²) in [5, 5.41) is 7.62. The maximum atomic E-state index is 11.8. The number of fused-ring (bicyclic) bond motifs is 2. The van der Waals surface area contributed by atoms with Crippen molar-refractivity contribution in [2.24, 2.45) is 0 Å². The van der Waals surface area contributed by atoms with Gasteiger partial charge in [0.15, 0.2) is 5.82 Å². The number of methoxy groups -OCH3 is 1. The minimum Gasteiger partial charge on any atom is -0.497 e. The summed E-state index contributed by atoms with van der Waals surface area (Å²) < 4.78 is 30.2. The molecule has 1 aliphatic rings. The lowest BCUT2D eigenvalue weighted by molar-refractivity contribution is 0.414. The molecule has 0 amide bonds. The van der Waals surface area contributed by atoms with Crippen molar-refractivity contribution in [2.75, 3.05) is 13.4 Å². The van der Waals surface area contributed by atoms with Gasteiger partial charge in [0.2, 0.25) is 9.84 Å². The van der Waals surface area contributed by atoms with Gasteiger partial charge in [-0.1, -0.05) is 12.6 Å². The fraction of sp³-hybridized carbons (Fsp3) is 0.143. The lowest BCUT2D eigenvalue weighted by atomic mass is 10.0. The van der Waals surface area contributed by atoms with Crippen LogP contribution in [0.25, 0.3) is 17.8 Å². The van der Waals surface area contributed by atoms with Crippen LogP contribution < -0.4 is 4.74 Å². The molecule has 3 rings (SSSR count). The molecule has 2 aromatic rings. The van der Waals surface area contributed by atoms with Crippen molar-refractivity contribution >= 4 is 27.7 Å². The van der Waals surface area contributed by atoms with Gasteiger partial charge in [-0.15, -0.1) is 10.2 Å². The molecule has 1 aromatic heterocycles. The summed E-state index contributed by atoms with van der Waals surface area (Å²) in [6.07, 6.45) is 4.53. The number of hydrogen-bond acceptors (Lipinski definition) is 5. The van der Waals surface area contributed by atoms with Crippen molar-refractivity contribution in [2.45, 2.75) is 5.16 Å². The number of ether oxygens (including phenoxy) is 1. The molecule has 21 heavy (non-hydrogen) atoms. The van der Waals surface area contributed by atoms with E-state index in [-0.39, 0.29) is 5.16 Å². The van der Waals surface area contributed by atoms with E-state index in [0.717, 1.165) is 17.4 Å². The Labute approximate surface area is 122 Å². The Hall–Kier alpha value is -2.41. The molecule has 7 heteroatoms. The molecule has 0 saturated carbocycles. The van der Waals surface area contributed by atoms with Crippen molar-refractivity contribution in [3.63, 3.8) is 0 Å². The fourth-order valence-electron chi connectivity index (χ4n) is 2.21. The average Bonchev–Trinajstić information content (AvgIpc) is 2.83. The van der Waals surface area contributed by atoms with E-state index in [4.69, 9.17) is 4.74 Å². The largest absolute Gasteiger partial charge is 0.497 e. The highest BCUT2D eigenvalue weighted by Gasteiger charge is 2.24. The molecule has 2 heterocycles. The van der Waals surface area contributed by atoms with Gasteiger partial charge in [-0.3, -0.25) is 4.57 Å². The first-order valence-corrected chi connectivity index (χ1v) is 8.02. The molecule has 6 nitrogen and oxygen atoms in total. The topological polar surface area (TPSA) is 74.1 Å². The van der Waals surface area contributed by atoms with Gasteiger partial charge in [0.25, 0.3) is 5.16 Å². The summed E-state index contributed by atoms with van der Waals surface area (Å²) in [5.41, 5.74) is 2.33. The molecule has 0 aliphatic carbocycles. The lowest BCUT2D eigenvalue weighted by Gasteiger charge is -2.08. The van der Waals surface area contributed by atoms with Crippen LogP contribution in [0.1, 0.15) is 17.0 Å². The van der Waals surface area contributed by atoms with E-state index in [1.165, 1.54) is 4.57 Å². The zero-order valence-electron chi connectivity index (χ0n) is 11.6. The lowest BCUT2D eigenvalue weighted by Crippen LogP contribution is -2.06. The second-order valence-corrected chi connectivity index (χ2v) is 6.61. The summed E-state index contributed by atoms with van der Waals surface area (Å²) in [6.45, 7) is 4.01. The predicted octanol–water partition coefficient (Wildman–Crippen LogP) is 1.69. The van der Waals surface area contributed by atoms with Crippen LogP contribution >= 0.6 is 0 Å². The summed E-state index contributed by atoms with van der Waals surface area (Å²) >= 11 is 0. The Bertz CT molecular complexity index is 879. The van der Waals surface area contributed by atoms with Crippen LogP contribution in [0.2, 0.25) is 0 Å². The van der Waals surface area contributed by atoms with E-state index in [1.807, 2.05) is 18.2 Å². The molecular weight excluding hydrogens is 290 g/mol. The van der Waals surface area contributed by atoms with E-state index in [0.29, 0.717) is 17.1 Å². The average molecular weight is 303 g/mol. The zero-order chi connectivity index (χ0) is 15.2. The Morgan fingerprint density at radius 3 is 2.71 bits per heavy atom. The molecule has 0 fully saturated rings. The van der Waals surface area contributed by atoms with E-state index in [1.54, 1.807) is 19.4 Å². The molecule has 1 aromatic carbocycles. The summed E-state index contributed by atoms with van der Waals surface area (Å²) in [5.74, 6) is 1.10. The number of nitrogens with zero attached hydrogens (tertiary/aromatic N) is 3. The van der Waals surface area contributed by atoms with Crippen molar-refractivity contribution in [3.8, 4) is 5.75 Å². The zero-order valence-corrected chi connectivity index (χ0v) is 12.4. The molecule has 0 spiro atoms. The smallest absolute Gasteiger partial charge is 0.253 e. The third-order valence-electron chi connectivity index (χ3n) is 3.25. The van der Waals surface area contributed by atoms with Crippen molar-refractivity contribution in [1.29, 1.82) is 0 Å². The van der Waals surface area contributed by atoms with Gasteiger partial charge in [-0.25, -0.2) is 8.42 Å². The number of sulfone groups is 1. The first-order valence-electron chi connectivity index (χ1n) is 6.12. The maximum Gasteiger partial charge on any atom is 0.253 e. The van der Waals surface area contributed by atoms with Gasteiger partial charge in [-0.05, 0) is 29.3 Å². The van der Waals surface area contributed by atoms with Crippen molar-refractivity contribution in [3.05, 3.63) is 41.7 Å². The predicted molar refractivity (Wildman–Crippen MR) is 79.5 cm³/mol. The summed E-state index contributed by atoms with van der Waals surface area (Å²) in [4.78, 5) is 0. The van der Waals surface area contributed by atoms with Crippen LogP contribution in [0.5, 0.6) is 5.75 Å². The second-order valence-electron chi connectivity index (χ2n) is 4.70. The first-order chi connectivity index (χ1) is 9.91. The van der Waals surface area contributed by atoms with Gasteiger partial charge < -0.3 is 4.74 Å². The molecule has 0 N–H and O–H groups in total. The standard InChI is InChI=1S/C14H13N3O3S/c1-9-12-8-11(20-2)5-4-10(12)6-7-17-13(9)15-16-14(17)21(3,18)19/h4-8H,1H2,2-3H3. The van der Waals surface area contributed by atoms with E-state index in [9.17, 15) is 8.42 Å². The highest BCUT2D eigenvalue weighted by molar-refractivity contribution is 7.90. The maximum absolute atomic E-state index is 11.8. The third-order valence-corrected chi connectivity index (χ3v) is 4.20. The second kappa shape index (κ2) is 4.56. The van der Waals surface area contributed by atoms with Gasteiger partial charge in [-0.2, -0.15) is 0 Å². The number of hydrogen-bond donors (Lipinski definition) is 0. The minimum atomic E-state index is -3.47. The van der Waals surface area contributed by atoms with Crippen molar-refractivity contribution < 1.29 is 13.2 Å². The van der Waals surface area contributed by atoms with Gasteiger partial charge in [0, 0.05) is 18.0 Å². The Morgan fingerprint density at radius 2 is 2.05 bits per heavy atom. The number of benzene rings is 1. The SMILES string of the molecule is C=C1c2cc(OC)ccc2C=Cn2c1nnc2S(C)(=O)=O.